The van der Waals surface area contributed by atoms with E-state index in [0.29, 0.717) is 11.3 Å². The molecule has 0 heterocycles. The van der Waals surface area contributed by atoms with Gasteiger partial charge in [0.25, 0.3) is 0 Å². The number of hydrogen-bond acceptors (Lipinski definition) is 4. The smallest absolute Gasteiger partial charge is 0.335 e. The topological polar surface area (TPSA) is 66.8 Å². The molecule has 1 aromatic carbocycles. The summed E-state index contributed by atoms with van der Waals surface area (Å²) in [5, 5.41) is 17.5. The minimum atomic E-state index is -1.51. The number of aliphatic hydroxyl groups excluding tert-OH is 1. The molecule has 0 amide bonds. The number of esters is 1. The molecule has 0 saturated carbocycles. The first-order valence-corrected chi connectivity index (χ1v) is 3.94. The van der Waals surface area contributed by atoms with Crippen LogP contribution >= 0.6 is 0 Å². The summed E-state index contributed by atoms with van der Waals surface area (Å²) in [5.41, 5.74) is 0.336. The Hall–Kier alpha value is -1.65. The zero-order chi connectivity index (χ0) is 10.6. The number of carbonyl (C=O) groups is 1. The van der Waals surface area contributed by atoms with Crippen LogP contribution in [0.1, 0.15) is 11.9 Å². The monoisotopic (exact) mass is 194 g/mol. The average Bonchev–Trinajstić information content (AvgIpc) is 2.18. The molecule has 0 bridgehead atoms. The van der Waals surface area contributed by atoms with Gasteiger partial charge < -0.3 is 14.9 Å². The van der Waals surface area contributed by atoms with Crippen molar-refractivity contribution in [2.45, 2.75) is 6.29 Å². The summed E-state index contributed by atoms with van der Waals surface area (Å²) in [4.78, 5) is 10.8. The van der Waals surface area contributed by atoms with Crippen LogP contribution in [0.15, 0.2) is 36.9 Å². The summed E-state index contributed by atoms with van der Waals surface area (Å²) in [6.07, 6.45) is -0.464. The Morgan fingerprint density at radius 1 is 1.36 bits per heavy atom. The van der Waals surface area contributed by atoms with E-state index in [0.717, 1.165) is 6.08 Å². The van der Waals surface area contributed by atoms with E-state index in [9.17, 15) is 4.79 Å². The molecule has 2 N–H and O–H groups in total. The van der Waals surface area contributed by atoms with Gasteiger partial charge in [0.15, 0.2) is 6.29 Å². The van der Waals surface area contributed by atoms with Crippen LogP contribution in [-0.4, -0.2) is 16.2 Å². The third kappa shape index (κ3) is 2.69. The summed E-state index contributed by atoms with van der Waals surface area (Å²) in [6, 6.07) is 5.85. The van der Waals surface area contributed by atoms with E-state index in [1.54, 1.807) is 0 Å². The molecule has 4 nitrogen and oxygen atoms in total. The molecule has 0 radical (unpaired) electrons. The van der Waals surface area contributed by atoms with Crippen LogP contribution in [0, 0.1) is 0 Å². The minimum Gasteiger partial charge on any atom is -0.423 e. The van der Waals surface area contributed by atoms with Crippen LogP contribution in [0.25, 0.3) is 0 Å². The molecule has 1 aromatic rings. The van der Waals surface area contributed by atoms with Crippen molar-refractivity contribution in [3.63, 3.8) is 0 Å². The largest absolute Gasteiger partial charge is 0.423 e. The first-order valence-electron chi connectivity index (χ1n) is 3.94. The van der Waals surface area contributed by atoms with Crippen LogP contribution in [-0.2, 0) is 4.79 Å². The lowest BCUT2D eigenvalue weighted by Gasteiger charge is -2.04. The number of benzene rings is 1. The second kappa shape index (κ2) is 4.55. The van der Waals surface area contributed by atoms with Gasteiger partial charge in [-0.3, -0.25) is 0 Å². The fourth-order valence-corrected chi connectivity index (χ4v) is 0.866. The molecule has 0 unspecified atom stereocenters. The number of rotatable bonds is 3. The van der Waals surface area contributed by atoms with Gasteiger partial charge >= 0.3 is 5.97 Å². The van der Waals surface area contributed by atoms with Gasteiger partial charge in [0.2, 0.25) is 0 Å². The Balaban J connectivity index is 2.73. The summed E-state index contributed by atoms with van der Waals surface area (Å²) < 4.78 is 4.78. The van der Waals surface area contributed by atoms with Gasteiger partial charge in [-0.1, -0.05) is 18.7 Å². The molecule has 0 aliphatic carbocycles. The van der Waals surface area contributed by atoms with E-state index in [4.69, 9.17) is 14.9 Å². The second-order valence-electron chi connectivity index (χ2n) is 2.57. The summed E-state index contributed by atoms with van der Waals surface area (Å²) >= 11 is 0. The molecule has 0 aromatic heterocycles. The molecule has 0 aliphatic rings. The molecule has 4 heteroatoms. The summed E-state index contributed by atoms with van der Waals surface area (Å²) in [7, 11) is 0. The van der Waals surface area contributed by atoms with Gasteiger partial charge in [0.05, 0.1) is 0 Å². The average molecular weight is 194 g/mol. The maximum atomic E-state index is 10.8. The van der Waals surface area contributed by atoms with E-state index in [-0.39, 0.29) is 0 Å². The van der Waals surface area contributed by atoms with Gasteiger partial charge in [0.1, 0.15) is 5.75 Å². The number of carbonyl (C=O) groups excluding carboxylic acids is 1. The van der Waals surface area contributed by atoms with E-state index in [1.807, 2.05) is 0 Å². The Bertz CT molecular complexity index is 326. The SMILES string of the molecule is C=CC(=O)Oc1ccc(C(O)O)cc1. The molecule has 0 atom stereocenters. The fourth-order valence-electron chi connectivity index (χ4n) is 0.866. The lowest BCUT2D eigenvalue weighted by molar-refractivity contribution is -0.128. The van der Waals surface area contributed by atoms with Crippen LogP contribution in [0.4, 0.5) is 0 Å². The highest BCUT2D eigenvalue weighted by atomic mass is 16.5. The van der Waals surface area contributed by atoms with Gasteiger partial charge in [-0.15, -0.1) is 0 Å². The first-order chi connectivity index (χ1) is 6.63. The maximum Gasteiger partial charge on any atom is 0.335 e. The quantitative estimate of drug-likeness (QED) is 0.322. The van der Waals surface area contributed by atoms with Crippen molar-refractivity contribution < 1.29 is 19.7 Å². The number of ether oxygens (including phenoxy) is 1. The summed E-state index contributed by atoms with van der Waals surface area (Å²) in [6.45, 7) is 3.25. The van der Waals surface area contributed by atoms with Crippen molar-refractivity contribution in [1.29, 1.82) is 0 Å². The zero-order valence-electron chi connectivity index (χ0n) is 7.38. The molecule has 0 spiro atoms. The normalized spacial score (nSPS) is 9.93. The highest BCUT2D eigenvalue weighted by molar-refractivity contribution is 5.83. The predicted molar refractivity (Wildman–Crippen MR) is 49.5 cm³/mol. The van der Waals surface area contributed by atoms with Gasteiger partial charge in [0, 0.05) is 11.6 Å². The van der Waals surface area contributed by atoms with E-state index < -0.39 is 12.3 Å². The Morgan fingerprint density at radius 3 is 2.36 bits per heavy atom. The molecular weight excluding hydrogens is 184 g/mol. The van der Waals surface area contributed by atoms with Crippen molar-refractivity contribution in [2.75, 3.05) is 0 Å². The minimum absolute atomic E-state index is 0.333. The highest BCUT2D eigenvalue weighted by Crippen LogP contribution is 2.16. The van der Waals surface area contributed by atoms with Gasteiger partial charge in [-0.2, -0.15) is 0 Å². The van der Waals surface area contributed by atoms with E-state index in [1.165, 1.54) is 24.3 Å². The number of aliphatic hydroxyl groups is 2. The van der Waals surface area contributed by atoms with E-state index >= 15 is 0 Å². The third-order valence-corrected chi connectivity index (χ3v) is 1.56. The summed E-state index contributed by atoms with van der Waals surface area (Å²) in [5.74, 6) is -0.221. The van der Waals surface area contributed by atoms with Gasteiger partial charge in [-0.05, 0) is 12.1 Å². The van der Waals surface area contributed by atoms with Crippen LogP contribution in [0.3, 0.4) is 0 Å². The molecule has 1 rings (SSSR count). The van der Waals surface area contributed by atoms with Gasteiger partial charge in [-0.25, -0.2) is 4.79 Å². The lowest BCUT2D eigenvalue weighted by Crippen LogP contribution is -2.03. The standard InChI is InChI=1S/C10H10O4/c1-2-9(11)14-8-5-3-7(4-6-8)10(12)13/h2-6,10,12-13H,1H2. The van der Waals surface area contributed by atoms with Crippen molar-refractivity contribution >= 4 is 5.97 Å². The van der Waals surface area contributed by atoms with E-state index in [2.05, 4.69) is 6.58 Å². The van der Waals surface area contributed by atoms with Crippen LogP contribution in [0.5, 0.6) is 5.75 Å². The van der Waals surface area contributed by atoms with Crippen LogP contribution in [0.2, 0.25) is 0 Å². The fraction of sp³-hybridized carbons (Fsp3) is 0.100. The molecular formula is C10H10O4. The maximum absolute atomic E-state index is 10.8. The van der Waals surface area contributed by atoms with Crippen molar-refractivity contribution in [2.24, 2.45) is 0 Å². The molecule has 0 fully saturated rings. The zero-order valence-corrected chi connectivity index (χ0v) is 7.38. The molecule has 74 valence electrons. The Morgan fingerprint density at radius 2 is 1.93 bits per heavy atom. The molecule has 0 aliphatic heterocycles. The Labute approximate surface area is 81.1 Å². The lowest BCUT2D eigenvalue weighted by atomic mass is 10.2. The third-order valence-electron chi connectivity index (χ3n) is 1.56. The van der Waals surface area contributed by atoms with Crippen LogP contribution < -0.4 is 4.74 Å². The first kappa shape index (κ1) is 10.4. The highest BCUT2D eigenvalue weighted by Gasteiger charge is 2.03. The Kier molecular flexibility index (Phi) is 3.39. The second-order valence-corrected chi connectivity index (χ2v) is 2.57. The molecule has 0 saturated heterocycles. The number of hydrogen-bond donors (Lipinski definition) is 2. The van der Waals surface area contributed by atoms with Crippen molar-refractivity contribution in [3.05, 3.63) is 42.5 Å². The molecule has 14 heavy (non-hydrogen) atoms. The van der Waals surface area contributed by atoms with Crippen molar-refractivity contribution in [1.82, 2.24) is 0 Å². The predicted octanol–water partition coefficient (Wildman–Crippen LogP) is 0.761. The van der Waals surface area contributed by atoms with Crippen molar-refractivity contribution in [3.8, 4) is 5.75 Å².